The second-order valence-corrected chi connectivity index (χ2v) is 7.44. The van der Waals surface area contributed by atoms with Gasteiger partial charge in [-0.1, -0.05) is 24.3 Å². The number of hydrogen-bond donors (Lipinski definition) is 2. The average Bonchev–Trinajstić information content (AvgIpc) is 2.80. The summed E-state index contributed by atoms with van der Waals surface area (Å²) in [5.41, 5.74) is 7.29. The Morgan fingerprint density at radius 3 is 2.38 bits per heavy atom. The Morgan fingerprint density at radius 2 is 1.69 bits per heavy atom. The average molecular weight is 443 g/mol. The second kappa shape index (κ2) is 11.2. The Hall–Kier alpha value is -3.46. The van der Waals surface area contributed by atoms with E-state index < -0.39 is 18.1 Å². The van der Waals surface area contributed by atoms with Crippen LogP contribution in [-0.2, 0) is 32.1 Å². The van der Waals surface area contributed by atoms with Crippen LogP contribution in [0.1, 0.15) is 30.4 Å². The smallest absolute Gasteiger partial charge is 0.410 e. The Balaban J connectivity index is 1.49. The van der Waals surface area contributed by atoms with E-state index in [1.165, 1.54) is 17.0 Å². The van der Waals surface area contributed by atoms with E-state index in [0.717, 1.165) is 18.4 Å². The van der Waals surface area contributed by atoms with Crippen molar-refractivity contribution in [2.45, 2.75) is 38.3 Å². The molecule has 170 valence electrons. The van der Waals surface area contributed by atoms with Gasteiger partial charge < -0.3 is 14.8 Å². The van der Waals surface area contributed by atoms with Crippen LogP contribution in [0, 0.1) is 5.82 Å². The summed E-state index contributed by atoms with van der Waals surface area (Å²) in [5.74, 6) is -1.10. The van der Waals surface area contributed by atoms with Crippen molar-refractivity contribution < 1.29 is 28.2 Å². The van der Waals surface area contributed by atoms with Gasteiger partial charge in [0.05, 0.1) is 6.42 Å². The molecule has 1 aliphatic heterocycles. The third-order valence-corrected chi connectivity index (χ3v) is 5.11. The number of rotatable bonds is 7. The quantitative estimate of drug-likeness (QED) is 0.503. The normalized spacial score (nSPS) is 15.7. The van der Waals surface area contributed by atoms with Gasteiger partial charge in [-0.25, -0.2) is 14.0 Å². The Bertz CT molecular complexity index is 934. The van der Waals surface area contributed by atoms with Crippen molar-refractivity contribution in [3.05, 3.63) is 65.5 Å². The van der Waals surface area contributed by atoms with Gasteiger partial charge in [0.25, 0.3) is 0 Å². The molecule has 2 aromatic rings. The lowest BCUT2D eigenvalue weighted by Crippen LogP contribution is -2.49. The van der Waals surface area contributed by atoms with Crippen LogP contribution in [0.2, 0.25) is 0 Å². The number of carbonyl (C=O) groups excluding carboxylic acids is 3. The lowest BCUT2D eigenvalue weighted by molar-refractivity contribution is -0.150. The molecule has 1 atom stereocenters. The first-order chi connectivity index (χ1) is 15.5. The topological polar surface area (TPSA) is 111 Å². The number of nitrogens with zero attached hydrogens (tertiary/aromatic N) is 1. The standard InChI is InChI=1S/C23H26FN3O5/c24-18-8-4-16(5-9-18)13-21(28)26-19-10-6-17(7-11-19)14-31-23(30)27-12-2-1-3-20(27)22(29)32-15-25/h4-11,20H,1-3,12-15,25H2,(H,26,28)/t20-/m0/s1. The van der Waals surface area contributed by atoms with E-state index in [-0.39, 0.29) is 31.5 Å². The lowest BCUT2D eigenvalue weighted by atomic mass is 10.0. The summed E-state index contributed by atoms with van der Waals surface area (Å²) in [6, 6.07) is 11.9. The van der Waals surface area contributed by atoms with Crippen LogP contribution in [0.25, 0.3) is 0 Å². The van der Waals surface area contributed by atoms with Crippen LogP contribution < -0.4 is 11.1 Å². The lowest BCUT2D eigenvalue weighted by Gasteiger charge is -2.33. The molecule has 0 aliphatic carbocycles. The van der Waals surface area contributed by atoms with E-state index in [4.69, 9.17) is 15.2 Å². The predicted octanol–water partition coefficient (Wildman–Crippen LogP) is 2.96. The van der Waals surface area contributed by atoms with Crippen LogP contribution in [-0.4, -0.2) is 42.2 Å². The minimum atomic E-state index is -0.682. The maximum atomic E-state index is 13.0. The molecule has 0 radical (unpaired) electrons. The highest BCUT2D eigenvalue weighted by Crippen LogP contribution is 2.20. The van der Waals surface area contributed by atoms with Crippen LogP contribution in [0.3, 0.4) is 0 Å². The number of halogens is 1. The van der Waals surface area contributed by atoms with E-state index in [9.17, 15) is 18.8 Å². The number of anilines is 1. The fraction of sp³-hybridized carbons (Fsp3) is 0.348. The van der Waals surface area contributed by atoms with E-state index >= 15 is 0 Å². The van der Waals surface area contributed by atoms with Crippen molar-refractivity contribution in [2.24, 2.45) is 5.73 Å². The first-order valence-corrected chi connectivity index (χ1v) is 10.4. The molecule has 0 unspecified atom stereocenters. The van der Waals surface area contributed by atoms with Gasteiger partial charge in [0.15, 0.2) is 0 Å². The number of piperidine rings is 1. The molecule has 2 aromatic carbocycles. The van der Waals surface area contributed by atoms with Gasteiger partial charge in [-0.05, 0) is 54.7 Å². The van der Waals surface area contributed by atoms with Crippen LogP contribution in [0.15, 0.2) is 48.5 Å². The van der Waals surface area contributed by atoms with Crippen LogP contribution in [0.5, 0.6) is 0 Å². The first-order valence-electron chi connectivity index (χ1n) is 10.4. The van der Waals surface area contributed by atoms with E-state index in [1.807, 2.05) is 0 Å². The molecule has 9 heteroatoms. The Morgan fingerprint density at radius 1 is 1.00 bits per heavy atom. The fourth-order valence-corrected chi connectivity index (χ4v) is 3.48. The fourth-order valence-electron chi connectivity index (χ4n) is 3.48. The molecule has 1 aliphatic rings. The highest BCUT2D eigenvalue weighted by molar-refractivity contribution is 5.92. The number of benzene rings is 2. The van der Waals surface area contributed by atoms with E-state index in [0.29, 0.717) is 24.2 Å². The van der Waals surface area contributed by atoms with E-state index in [2.05, 4.69) is 5.32 Å². The maximum absolute atomic E-state index is 13.0. The minimum absolute atomic E-state index is 0.0256. The van der Waals surface area contributed by atoms with Gasteiger partial charge >= 0.3 is 12.1 Å². The third kappa shape index (κ3) is 6.52. The number of nitrogens with two attached hydrogens (primary N) is 1. The molecule has 2 amide bonds. The second-order valence-electron chi connectivity index (χ2n) is 7.44. The van der Waals surface area contributed by atoms with Crippen molar-refractivity contribution in [3.63, 3.8) is 0 Å². The zero-order valence-corrected chi connectivity index (χ0v) is 17.6. The molecule has 1 saturated heterocycles. The number of ether oxygens (including phenoxy) is 2. The maximum Gasteiger partial charge on any atom is 0.410 e. The molecule has 0 aromatic heterocycles. The molecule has 8 nitrogen and oxygen atoms in total. The number of likely N-dealkylation sites (tertiary alicyclic amines) is 1. The molecule has 32 heavy (non-hydrogen) atoms. The van der Waals surface area contributed by atoms with Gasteiger partial charge in [-0.3, -0.25) is 15.4 Å². The van der Waals surface area contributed by atoms with Gasteiger partial charge in [0.1, 0.15) is 25.2 Å². The monoisotopic (exact) mass is 443 g/mol. The van der Waals surface area contributed by atoms with Gasteiger partial charge in [-0.15, -0.1) is 0 Å². The zero-order valence-electron chi connectivity index (χ0n) is 17.6. The molecule has 3 rings (SSSR count). The van der Waals surface area contributed by atoms with E-state index in [1.54, 1.807) is 36.4 Å². The summed E-state index contributed by atoms with van der Waals surface area (Å²) in [6.45, 7) is 0.213. The molecule has 0 bridgehead atoms. The molecule has 0 saturated carbocycles. The van der Waals surface area contributed by atoms with Crippen molar-refractivity contribution in [1.82, 2.24) is 4.90 Å². The Labute approximate surface area is 185 Å². The molecule has 0 spiro atoms. The highest BCUT2D eigenvalue weighted by Gasteiger charge is 2.34. The number of amides is 2. The molecular formula is C23H26FN3O5. The first kappa shape index (κ1) is 23.2. The van der Waals surface area contributed by atoms with Crippen molar-refractivity contribution in [1.29, 1.82) is 0 Å². The number of hydrogen-bond acceptors (Lipinski definition) is 6. The van der Waals surface area contributed by atoms with Gasteiger partial charge in [0, 0.05) is 12.2 Å². The summed E-state index contributed by atoms with van der Waals surface area (Å²) in [6.07, 6.45) is 1.67. The SMILES string of the molecule is NCOC(=O)[C@@H]1CCCCN1C(=O)OCc1ccc(NC(=O)Cc2ccc(F)cc2)cc1. The summed E-state index contributed by atoms with van der Waals surface area (Å²) < 4.78 is 23.2. The molecular weight excluding hydrogens is 417 g/mol. The molecule has 3 N–H and O–H groups in total. The summed E-state index contributed by atoms with van der Waals surface area (Å²) in [4.78, 5) is 38.1. The highest BCUT2D eigenvalue weighted by atomic mass is 19.1. The summed E-state index contributed by atoms with van der Waals surface area (Å²) in [5, 5.41) is 2.77. The Kier molecular flexibility index (Phi) is 8.15. The van der Waals surface area contributed by atoms with Crippen LogP contribution in [0.4, 0.5) is 14.9 Å². The van der Waals surface area contributed by atoms with Crippen molar-refractivity contribution in [2.75, 3.05) is 18.6 Å². The third-order valence-electron chi connectivity index (χ3n) is 5.11. The largest absolute Gasteiger partial charge is 0.448 e. The minimum Gasteiger partial charge on any atom is -0.448 e. The van der Waals surface area contributed by atoms with Gasteiger partial charge in [0.2, 0.25) is 5.91 Å². The summed E-state index contributed by atoms with van der Waals surface area (Å²) >= 11 is 0. The number of carbonyl (C=O) groups is 3. The van der Waals surface area contributed by atoms with Crippen molar-refractivity contribution >= 4 is 23.7 Å². The summed E-state index contributed by atoms with van der Waals surface area (Å²) in [7, 11) is 0. The number of nitrogens with one attached hydrogen (secondary N) is 1. The van der Waals surface area contributed by atoms with Crippen molar-refractivity contribution in [3.8, 4) is 0 Å². The molecule has 1 heterocycles. The zero-order chi connectivity index (χ0) is 22.9. The molecule has 1 fully saturated rings. The van der Waals surface area contributed by atoms with Gasteiger partial charge in [-0.2, -0.15) is 0 Å². The predicted molar refractivity (Wildman–Crippen MR) is 115 cm³/mol. The van der Waals surface area contributed by atoms with Crippen LogP contribution >= 0.6 is 0 Å². The number of esters is 1.